The lowest BCUT2D eigenvalue weighted by Crippen LogP contribution is -1.89. The Balaban J connectivity index is 2.42. The van der Waals surface area contributed by atoms with Crippen LogP contribution in [-0.4, -0.2) is 0 Å². The molecule has 0 radical (unpaired) electrons. The fraction of sp³-hybridized carbons (Fsp3) is 0.182. The zero-order valence-corrected chi connectivity index (χ0v) is 13.6. The molecule has 0 saturated carbocycles. The molecule has 0 heterocycles. The highest BCUT2D eigenvalue weighted by atomic mass is 14.1. The van der Waals surface area contributed by atoms with E-state index in [2.05, 4.69) is 76.2 Å². The third-order valence-corrected chi connectivity index (χ3v) is 4.68. The normalized spacial score (nSPS) is 11.6. The fourth-order valence-corrected chi connectivity index (χ4v) is 3.75. The van der Waals surface area contributed by atoms with Gasteiger partial charge < -0.3 is 0 Å². The van der Waals surface area contributed by atoms with Crippen molar-refractivity contribution in [3.63, 3.8) is 0 Å². The molecule has 0 saturated heterocycles. The summed E-state index contributed by atoms with van der Waals surface area (Å²) in [6.45, 7) is 8.77. The fourth-order valence-electron chi connectivity index (χ4n) is 3.75. The smallest absolute Gasteiger partial charge is 0.00694 e. The van der Waals surface area contributed by atoms with E-state index in [0.29, 0.717) is 0 Å². The van der Waals surface area contributed by atoms with Crippen LogP contribution in [0, 0.1) is 27.7 Å². The number of hydrogen-bond acceptors (Lipinski definition) is 0. The Hall–Kier alpha value is -2.34. The van der Waals surface area contributed by atoms with E-state index in [0.717, 1.165) is 0 Å². The average Bonchev–Trinajstić information content (AvgIpc) is 2.46. The minimum Gasteiger partial charge on any atom is -0.0587 e. The van der Waals surface area contributed by atoms with Crippen molar-refractivity contribution in [1.29, 1.82) is 0 Å². The van der Waals surface area contributed by atoms with Gasteiger partial charge in [-0.2, -0.15) is 0 Å². The SMILES string of the molecule is Cc1ccc2c3ccc(C)cc3c3c(C)cc(C)cc3c2c1. The number of hydrogen-bond donors (Lipinski definition) is 0. The molecule has 0 heteroatoms. The predicted molar refractivity (Wildman–Crippen MR) is 97.9 cm³/mol. The molecule has 0 bridgehead atoms. The highest BCUT2D eigenvalue weighted by Gasteiger charge is 2.11. The van der Waals surface area contributed by atoms with Gasteiger partial charge in [0.25, 0.3) is 0 Å². The molecule has 0 aliphatic carbocycles. The Morgan fingerprint density at radius 2 is 0.955 bits per heavy atom. The van der Waals surface area contributed by atoms with Gasteiger partial charge in [0.15, 0.2) is 0 Å². The summed E-state index contributed by atoms with van der Waals surface area (Å²) in [5.74, 6) is 0. The summed E-state index contributed by atoms with van der Waals surface area (Å²) in [5.41, 5.74) is 5.34. The topological polar surface area (TPSA) is 0 Å². The van der Waals surface area contributed by atoms with Gasteiger partial charge in [-0.25, -0.2) is 0 Å². The van der Waals surface area contributed by atoms with Crippen LogP contribution in [0.15, 0.2) is 48.5 Å². The van der Waals surface area contributed by atoms with Crippen molar-refractivity contribution in [3.8, 4) is 0 Å². The summed E-state index contributed by atoms with van der Waals surface area (Å²) in [6, 6.07) is 18.3. The zero-order chi connectivity index (χ0) is 15.4. The van der Waals surface area contributed by atoms with Crippen molar-refractivity contribution < 1.29 is 0 Å². The summed E-state index contributed by atoms with van der Waals surface area (Å²) in [5, 5.41) is 8.26. The maximum absolute atomic E-state index is 2.34. The van der Waals surface area contributed by atoms with Crippen LogP contribution in [0.5, 0.6) is 0 Å². The maximum atomic E-state index is 2.34. The minimum absolute atomic E-state index is 1.32. The van der Waals surface area contributed by atoms with Crippen LogP contribution in [0.4, 0.5) is 0 Å². The number of rotatable bonds is 0. The standard InChI is InChI=1S/C22H20/c1-13-5-7-17-18-8-6-14(2)11-20(18)22-16(4)9-15(3)12-21(22)19(17)10-13/h5-12H,1-4H3. The molecule has 4 aromatic rings. The molecule has 0 unspecified atom stereocenters. The lowest BCUT2D eigenvalue weighted by Gasteiger charge is -2.14. The molecular formula is C22H20. The first-order valence-corrected chi connectivity index (χ1v) is 7.88. The van der Waals surface area contributed by atoms with E-state index in [4.69, 9.17) is 0 Å². The van der Waals surface area contributed by atoms with Gasteiger partial charge in [-0.3, -0.25) is 0 Å². The third-order valence-electron chi connectivity index (χ3n) is 4.68. The summed E-state index contributed by atoms with van der Waals surface area (Å²) >= 11 is 0. The van der Waals surface area contributed by atoms with Gasteiger partial charge in [-0.05, 0) is 65.6 Å². The van der Waals surface area contributed by atoms with Crippen molar-refractivity contribution in [2.24, 2.45) is 0 Å². The average molecular weight is 284 g/mol. The Bertz CT molecular complexity index is 1050. The summed E-state index contributed by atoms with van der Waals surface area (Å²) in [7, 11) is 0. The third kappa shape index (κ3) is 1.84. The summed E-state index contributed by atoms with van der Waals surface area (Å²) in [6.07, 6.45) is 0. The first-order valence-electron chi connectivity index (χ1n) is 7.88. The van der Waals surface area contributed by atoms with Crippen LogP contribution in [0.3, 0.4) is 0 Å². The Morgan fingerprint density at radius 1 is 0.455 bits per heavy atom. The van der Waals surface area contributed by atoms with Crippen molar-refractivity contribution in [2.75, 3.05) is 0 Å². The molecule has 4 rings (SSSR count). The molecule has 4 aromatic carbocycles. The van der Waals surface area contributed by atoms with Gasteiger partial charge in [-0.1, -0.05) is 65.2 Å². The second-order valence-electron chi connectivity index (χ2n) is 6.60. The monoisotopic (exact) mass is 284 g/mol. The van der Waals surface area contributed by atoms with Crippen molar-refractivity contribution in [3.05, 3.63) is 70.8 Å². The molecule has 0 atom stereocenters. The second kappa shape index (κ2) is 4.58. The molecule has 0 aliphatic rings. The van der Waals surface area contributed by atoms with Crippen LogP contribution in [0.25, 0.3) is 32.3 Å². The molecule has 0 spiro atoms. The minimum atomic E-state index is 1.32. The maximum Gasteiger partial charge on any atom is -0.00694 e. The molecular weight excluding hydrogens is 264 g/mol. The van der Waals surface area contributed by atoms with E-state index in [9.17, 15) is 0 Å². The van der Waals surface area contributed by atoms with Crippen LogP contribution in [0.1, 0.15) is 22.3 Å². The van der Waals surface area contributed by atoms with Gasteiger partial charge in [0.05, 0.1) is 0 Å². The largest absolute Gasteiger partial charge is 0.0587 e. The van der Waals surface area contributed by atoms with Crippen LogP contribution in [-0.2, 0) is 0 Å². The lowest BCUT2D eigenvalue weighted by molar-refractivity contribution is 1.43. The number of fused-ring (bicyclic) bond motifs is 6. The van der Waals surface area contributed by atoms with Crippen LogP contribution >= 0.6 is 0 Å². The van der Waals surface area contributed by atoms with Crippen LogP contribution in [0.2, 0.25) is 0 Å². The second-order valence-corrected chi connectivity index (χ2v) is 6.60. The van der Waals surface area contributed by atoms with E-state index >= 15 is 0 Å². The molecule has 22 heavy (non-hydrogen) atoms. The van der Waals surface area contributed by atoms with E-state index in [1.165, 1.54) is 54.6 Å². The van der Waals surface area contributed by atoms with Crippen molar-refractivity contribution >= 4 is 32.3 Å². The van der Waals surface area contributed by atoms with Gasteiger partial charge >= 0.3 is 0 Å². The molecule has 0 aromatic heterocycles. The Morgan fingerprint density at radius 3 is 1.64 bits per heavy atom. The van der Waals surface area contributed by atoms with Crippen molar-refractivity contribution in [1.82, 2.24) is 0 Å². The lowest BCUT2D eigenvalue weighted by atomic mass is 9.89. The Labute approximate surface area is 131 Å². The molecule has 0 fully saturated rings. The highest BCUT2D eigenvalue weighted by Crippen LogP contribution is 2.37. The predicted octanol–water partition coefficient (Wildman–Crippen LogP) is 6.38. The van der Waals surface area contributed by atoms with E-state index in [1.807, 2.05) is 0 Å². The zero-order valence-electron chi connectivity index (χ0n) is 13.6. The molecule has 0 nitrogen and oxygen atoms in total. The Kier molecular flexibility index (Phi) is 2.77. The van der Waals surface area contributed by atoms with Gasteiger partial charge in [0, 0.05) is 0 Å². The van der Waals surface area contributed by atoms with Gasteiger partial charge in [-0.15, -0.1) is 0 Å². The first-order chi connectivity index (χ1) is 10.5. The van der Waals surface area contributed by atoms with Crippen molar-refractivity contribution in [2.45, 2.75) is 27.7 Å². The first kappa shape index (κ1) is 13.3. The molecule has 0 N–H and O–H groups in total. The summed E-state index contributed by atoms with van der Waals surface area (Å²) < 4.78 is 0. The van der Waals surface area contributed by atoms with E-state index < -0.39 is 0 Å². The van der Waals surface area contributed by atoms with Crippen LogP contribution < -0.4 is 0 Å². The quantitative estimate of drug-likeness (QED) is 0.329. The van der Waals surface area contributed by atoms with Gasteiger partial charge in [0.2, 0.25) is 0 Å². The summed E-state index contributed by atoms with van der Waals surface area (Å²) in [4.78, 5) is 0. The molecule has 108 valence electrons. The van der Waals surface area contributed by atoms with E-state index in [1.54, 1.807) is 0 Å². The number of aryl methyl sites for hydroxylation is 4. The molecule has 0 aliphatic heterocycles. The number of benzene rings is 4. The highest BCUT2D eigenvalue weighted by molar-refractivity contribution is 6.26. The van der Waals surface area contributed by atoms with E-state index in [-0.39, 0.29) is 0 Å². The van der Waals surface area contributed by atoms with Gasteiger partial charge in [0.1, 0.15) is 0 Å². The molecule has 0 amide bonds.